The third-order valence-corrected chi connectivity index (χ3v) is 6.98. The lowest BCUT2D eigenvalue weighted by Gasteiger charge is -2.13. The zero-order valence-electron chi connectivity index (χ0n) is 20.6. The van der Waals surface area contributed by atoms with Crippen molar-refractivity contribution in [3.63, 3.8) is 0 Å². The normalized spacial score (nSPS) is 11.3. The maximum absolute atomic E-state index is 13.1. The highest BCUT2D eigenvalue weighted by molar-refractivity contribution is 7.22. The summed E-state index contributed by atoms with van der Waals surface area (Å²) in [4.78, 5) is 34.2. The Morgan fingerprint density at radius 1 is 0.875 bits per heavy atom. The lowest BCUT2D eigenvalue weighted by Crippen LogP contribution is -2.15. The van der Waals surface area contributed by atoms with E-state index in [1.54, 1.807) is 61.7 Å². The van der Waals surface area contributed by atoms with E-state index in [1.165, 1.54) is 23.5 Å². The second-order valence-corrected chi connectivity index (χ2v) is 10.1. The van der Waals surface area contributed by atoms with E-state index in [4.69, 9.17) is 11.6 Å². The summed E-state index contributed by atoms with van der Waals surface area (Å²) >= 11 is 7.19. The molecule has 0 spiro atoms. The number of nitrogens with zero attached hydrogens (tertiary/aromatic N) is 2. The fourth-order valence-corrected chi connectivity index (χ4v) is 4.80. The van der Waals surface area contributed by atoms with Gasteiger partial charge in [0.15, 0.2) is 5.13 Å². The SMILES string of the molecule is Cc1ccc(NC(=O)c2cccc(C(F)(F)F)c2)cc1NC(=O)c1ccc2nc(Nc3ccc(Cl)nc3)sc2c1. The van der Waals surface area contributed by atoms with Gasteiger partial charge in [0.05, 0.1) is 27.7 Å². The standard InChI is InChI=1S/C28H19ClF3N5O2S/c1-15-5-7-19(34-25(38)16-3-2-4-18(11-16)28(30,31)32)13-22(15)36-26(39)17-6-9-21-23(12-17)40-27(37-21)35-20-8-10-24(29)33-14-20/h2-14H,1H3,(H,34,38)(H,35,37)(H,36,39). The molecule has 2 aromatic heterocycles. The molecule has 3 N–H and O–H groups in total. The zero-order chi connectivity index (χ0) is 28.4. The molecule has 0 saturated heterocycles. The summed E-state index contributed by atoms with van der Waals surface area (Å²) < 4.78 is 39.9. The number of hydrogen-bond acceptors (Lipinski definition) is 6. The van der Waals surface area contributed by atoms with Gasteiger partial charge in [-0.25, -0.2) is 9.97 Å². The van der Waals surface area contributed by atoms with E-state index in [9.17, 15) is 22.8 Å². The Labute approximate surface area is 235 Å². The minimum absolute atomic E-state index is 0.139. The highest BCUT2D eigenvalue weighted by Crippen LogP contribution is 2.31. The van der Waals surface area contributed by atoms with Crippen molar-refractivity contribution < 1.29 is 22.8 Å². The van der Waals surface area contributed by atoms with Crippen LogP contribution >= 0.6 is 22.9 Å². The monoisotopic (exact) mass is 581 g/mol. The molecular weight excluding hydrogens is 563 g/mol. The number of amides is 2. The molecule has 202 valence electrons. The number of halogens is 4. The summed E-state index contributed by atoms with van der Waals surface area (Å²) in [6, 6.07) is 17.5. The molecule has 3 aromatic carbocycles. The summed E-state index contributed by atoms with van der Waals surface area (Å²) in [5.41, 5.74) is 2.25. The molecule has 0 aliphatic rings. The molecule has 12 heteroatoms. The highest BCUT2D eigenvalue weighted by Gasteiger charge is 2.31. The van der Waals surface area contributed by atoms with Gasteiger partial charge in [-0.2, -0.15) is 13.2 Å². The molecule has 40 heavy (non-hydrogen) atoms. The minimum Gasteiger partial charge on any atom is -0.330 e. The number of aromatic nitrogens is 2. The van der Waals surface area contributed by atoms with Gasteiger partial charge in [0, 0.05) is 22.5 Å². The smallest absolute Gasteiger partial charge is 0.330 e. The summed E-state index contributed by atoms with van der Waals surface area (Å²) in [7, 11) is 0. The second kappa shape index (κ2) is 10.9. The molecule has 0 saturated carbocycles. The first-order chi connectivity index (χ1) is 19.0. The summed E-state index contributed by atoms with van der Waals surface area (Å²) in [6.07, 6.45) is -2.97. The van der Waals surface area contributed by atoms with Gasteiger partial charge in [0.2, 0.25) is 0 Å². The first-order valence-corrected chi connectivity index (χ1v) is 12.9. The van der Waals surface area contributed by atoms with E-state index < -0.39 is 17.6 Å². The third kappa shape index (κ3) is 6.22. The number of anilines is 4. The number of nitrogens with one attached hydrogen (secondary N) is 3. The predicted octanol–water partition coefficient (Wildman–Crippen LogP) is 7.92. The molecule has 0 aliphatic carbocycles. The van der Waals surface area contributed by atoms with Crippen molar-refractivity contribution in [2.45, 2.75) is 13.1 Å². The van der Waals surface area contributed by atoms with Crippen molar-refractivity contribution in [1.29, 1.82) is 0 Å². The van der Waals surface area contributed by atoms with E-state index in [0.717, 1.165) is 28.1 Å². The Bertz CT molecular complexity index is 1740. The quantitative estimate of drug-likeness (QED) is 0.177. The lowest BCUT2D eigenvalue weighted by molar-refractivity contribution is -0.137. The Balaban J connectivity index is 1.30. The van der Waals surface area contributed by atoms with E-state index in [0.29, 0.717) is 32.7 Å². The Morgan fingerprint density at radius 2 is 1.62 bits per heavy atom. The zero-order valence-corrected chi connectivity index (χ0v) is 22.2. The Hall–Kier alpha value is -4.48. The van der Waals surface area contributed by atoms with Gasteiger partial charge >= 0.3 is 6.18 Å². The van der Waals surface area contributed by atoms with Crippen LogP contribution in [0.1, 0.15) is 31.8 Å². The number of rotatable bonds is 6. The lowest BCUT2D eigenvalue weighted by atomic mass is 10.1. The molecule has 0 bridgehead atoms. The maximum atomic E-state index is 13.1. The van der Waals surface area contributed by atoms with Gasteiger partial charge in [-0.3, -0.25) is 9.59 Å². The number of carbonyl (C=O) groups excluding carboxylic acids is 2. The fourth-order valence-electron chi connectivity index (χ4n) is 3.76. The van der Waals surface area contributed by atoms with Crippen molar-refractivity contribution in [1.82, 2.24) is 9.97 Å². The van der Waals surface area contributed by atoms with Crippen LogP contribution in [0.4, 0.5) is 35.4 Å². The van der Waals surface area contributed by atoms with Crippen LogP contribution in [0.5, 0.6) is 0 Å². The predicted molar refractivity (Wildman–Crippen MR) is 151 cm³/mol. The average Bonchev–Trinajstić information content (AvgIpc) is 3.33. The summed E-state index contributed by atoms with van der Waals surface area (Å²) in [6.45, 7) is 1.78. The highest BCUT2D eigenvalue weighted by atomic mass is 35.5. The molecule has 5 aromatic rings. The maximum Gasteiger partial charge on any atom is 0.416 e. The second-order valence-electron chi connectivity index (χ2n) is 8.71. The van der Waals surface area contributed by atoms with E-state index in [2.05, 4.69) is 25.9 Å². The Morgan fingerprint density at radius 3 is 2.38 bits per heavy atom. The number of hydrogen-bond donors (Lipinski definition) is 3. The van der Waals surface area contributed by atoms with Gasteiger partial charge in [-0.1, -0.05) is 35.1 Å². The van der Waals surface area contributed by atoms with Crippen molar-refractivity contribution >= 4 is 67.2 Å². The van der Waals surface area contributed by atoms with Crippen LogP contribution in [0.25, 0.3) is 10.2 Å². The average molecular weight is 582 g/mol. The van der Waals surface area contributed by atoms with Gasteiger partial charge in [0.1, 0.15) is 5.15 Å². The van der Waals surface area contributed by atoms with Gasteiger partial charge in [0.25, 0.3) is 11.8 Å². The number of benzene rings is 3. The number of fused-ring (bicyclic) bond motifs is 1. The molecule has 0 atom stereocenters. The minimum atomic E-state index is -4.56. The number of aryl methyl sites for hydroxylation is 1. The number of pyridine rings is 1. The number of alkyl halides is 3. The van der Waals surface area contributed by atoms with E-state index >= 15 is 0 Å². The van der Waals surface area contributed by atoms with Crippen molar-refractivity contribution in [2.75, 3.05) is 16.0 Å². The van der Waals surface area contributed by atoms with Crippen LogP contribution in [0.15, 0.2) is 79.0 Å². The topological polar surface area (TPSA) is 96.0 Å². The molecule has 2 heterocycles. The molecule has 0 fully saturated rings. The van der Waals surface area contributed by atoms with Crippen LogP contribution in [0.2, 0.25) is 5.15 Å². The molecular formula is C28H19ClF3N5O2S. The van der Waals surface area contributed by atoms with Crippen LogP contribution in [0, 0.1) is 6.92 Å². The first kappa shape index (κ1) is 27.1. The number of carbonyl (C=O) groups is 2. The summed E-state index contributed by atoms with van der Waals surface area (Å²) in [5, 5.41) is 9.58. The van der Waals surface area contributed by atoms with Gasteiger partial charge in [-0.05, 0) is 73.2 Å². The van der Waals surface area contributed by atoms with Crippen LogP contribution in [0.3, 0.4) is 0 Å². The van der Waals surface area contributed by atoms with Crippen molar-refractivity contribution in [2.24, 2.45) is 0 Å². The van der Waals surface area contributed by atoms with Crippen LogP contribution in [-0.4, -0.2) is 21.8 Å². The van der Waals surface area contributed by atoms with E-state index in [-0.39, 0.29) is 11.5 Å². The van der Waals surface area contributed by atoms with Crippen LogP contribution < -0.4 is 16.0 Å². The van der Waals surface area contributed by atoms with Crippen molar-refractivity contribution in [3.05, 3.63) is 106 Å². The van der Waals surface area contributed by atoms with Gasteiger partial charge < -0.3 is 16.0 Å². The largest absolute Gasteiger partial charge is 0.416 e. The molecule has 2 amide bonds. The van der Waals surface area contributed by atoms with Gasteiger partial charge in [-0.15, -0.1) is 0 Å². The summed E-state index contributed by atoms with van der Waals surface area (Å²) in [5.74, 6) is -1.09. The molecule has 0 aliphatic heterocycles. The fraction of sp³-hybridized carbons (Fsp3) is 0.0714. The third-order valence-electron chi connectivity index (χ3n) is 5.83. The Kier molecular flexibility index (Phi) is 7.42. The first-order valence-electron chi connectivity index (χ1n) is 11.7. The van der Waals surface area contributed by atoms with Crippen LogP contribution in [-0.2, 0) is 6.18 Å². The van der Waals surface area contributed by atoms with Crippen molar-refractivity contribution in [3.8, 4) is 0 Å². The van der Waals surface area contributed by atoms with E-state index in [1.807, 2.05) is 0 Å². The molecule has 5 rings (SSSR count). The molecule has 0 radical (unpaired) electrons. The molecule has 7 nitrogen and oxygen atoms in total. The molecule has 0 unspecified atom stereocenters. The number of thiazole rings is 1.